The maximum absolute atomic E-state index is 12.5. The van der Waals surface area contributed by atoms with Crippen LogP contribution in [0.25, 0.3) is 0 Å². The summed E-state index contributed by atoms with van der Waals surface area (Å²) in [6.45, 7) is 0. The molecule has 7 heteroatoms. The topological polar surface area (TPSA) is 66.4 Å². The predicted molar refractivity (Wildman–Crippen MR) is 68.2 cm³/mol. The third-order valence-electron chi connectivity index (χ3n) is 2.57. The Kier molecular flexibility index (Phi) is 5.36. The van der Waals surface area contributed by atoms with Crippen molar-refractivity contribution in [1.82, 2.24) is 5.32 Å². The fourth-order valence-electron chi connectivity index (χ4n) is 1.61. The number of hydrogen-bond donors (Lipinski definition) is 2. The molecule has 0 spiro atoms. The molecule has 1 amide bonds. The van der Waals surface area contributed by atoms with Gasteiger partial charge in [-0.2, -0.15) is 13.2 Å². The molecule has 0 heterocycles. The number of hydrogen-bond acceptors (Lipinski definition) is 2. The van der Waals surface area contributed by atoms with Gasteiger partial charge < -0.3 is 10.4 Å². The minimum Gasteiger partial charge on any atom is -0.480 e. The number of halogens is 3. The van der Waals surface area contributed by atoms with Crippen molar-refractivity contribution in [3.63, 3.8) is 0 Å². The Morgan fingerprint density at radius 2 is 2.05 bits per heavy atom. The van der Waals surface area contributed by atoms with E-state index in [0.717, 1.165) is 12.1 Å². The number of carbonyl (C=O) groups excluding carboxylic acids is 1. The summed E-state index contributed by atoms with van der Waals surface area (Å²) in [5.74, 6) is 0.0913. The fourth-order valence-corrected chi connectivity index (χ4v) is 1.61. The van der Waals surface area contributed by atoms with Crippen molar-refractivity contribution < 1.29 is 27.9 Å². The van der Waals surface area contributed by atoms with Gasteiger partial charge in [0.15, 0.2) is 0 Å². The molecule has 0 fully saturated rings. The molecule has 0 radical (unpaired) electrons. The molecule has 1 aromatic rings. The molecule has 0 aliphatic carbocycles. The van der Waals surface area contributed by atoms with Crippen LogP contribution in [-0.2, 0) is 22.2 Å². The van der Waals surface area contributed by atoms with Crippen LogP contribution in [-0.4, -0.2) is 23.0 Å². The van der Waals surface area contributed by atoms with E-state index >= 15 is 0 Å². The number of terminal acetylenes is 1. The Morgan fingerprint density at radius 1 is 1.38 bits per heavy atom. The highest BCUT2D eigenvalue weighted by atomic mass is 19.4. The number of carboxylic acids is 1. The van der Waals surface area contributed by atoms with E-state index in [9.17, 15) is 22.8 Å². The molecule has 0 aliphatic rings. The monoisotopic (exact) mass is 299 g/mol. The van der Waals surface area contributed by atoms with Crippen LogP contribution in [0.4, 0.5) is 13.2 Å². The van der Waals surface area contributed by atoms with Crippen LogP contribution in [0.2, 0.25) is 0 Å². The lowest BCUT2D eigenvalue weighted by Gasteiger charge is -2.12. The van der Waals surface area contributed by atoms with E-state index in [0.29, 0.717) is 0 Å². The van der Waals surface area contributed by atoms with Gasteiger partial charge in [0.2, 0.25) is 5.91 Å². The lowest BCUT2D eigenvalue weighted by molar-refractivity contribution is -0.141. The summed E-state index contributed by atoms with van der Waals surface area (Å²) in [7, 11) is 0. The van der Waals surface area contributed by atoms with Crippen molar-refractivity contribution in [1.29, 1.82) is 0 Å². The van der Waals surface area contributed by atoms with Crippen LogP contribution in [0.1, 0.15) is 17.5 Å². The van der Waals surface area contributed by atoms with Gasteiger partial charge in [0.1, 0.15) is 6.04 Å². The SMILES string of the molecule is C#CC[C@@H](NC(=O)Cc1cccc(C(F)(F)F)c1)C(=O)O. The average molecular weight is 299 g/mol. The second-order valence-electron chi connectivity index (χ2n) is 4.24. The third kappa shape index (κ3) is 5.18. The number of carboxylic acid groups (broad SMARTS) is 1. The van der Waals surface area contributed by atoms with Crippen molar-refractivity contribution in [2.24, 2.45) is 0 Å². The summed E-state index contributed by atoms with van der Waals surface area (Å²) in [4.78, 5) is 22.4. The minimum absolute atomic E-state index is 0.132. The van der Waals surface area contributed by atoms with Gasteiger partial charge in [-0.15, -0.1) is 12.3 Å². The molecule has 1 aromatic carbocycles. The summed E-state index contributed by atoms with van der Waals surface area (Å²) in [6.07, 6.45) is -0.0944. The molecule has 1 atom stereocenters. The summed E-state index contributed by atoms with van der Waals surface area (Å²) < 4.78 is 37.6. The molecule has 0 bridgehead atoms. The molecule has 0 aromatic heterocycles. The van der Waals surface area contributed by atoms with Gasteiger partial charge in [-0.1, -0.05) is 18.2 Å². The van der Waals surface area contributed by atoms with Gasteiger partial charge in [-0.05, 0) is 11.6 Å². The van der Waals surface area contributed by atoms with E-state index < -0.39 is 29.7 Å². The summed E-state index contributed by atoms with van der Waals surface area (Å²) >= 11 is 0. The highest BCUT2D eigenvalue weighted by molar-refractivity contribution is 5.85. The van der Waals surface area contributed by atoms with Crippen LogP contribution < -0.4 is 5.32 Å². The van der Waals surface area contributed by atoms with Crippen LogP contribution >= 0.6 is 0 Å². The number of amides is 1. The first kappa shape index (κ1) is 16.6. The fraction of sp³-hybridized carbons (Fsp3) is 0.286. The van der Waals surface area contributed by atoms with Gasteiger partial charge >= 0.3 is 12.1 Å². The quantitative estimate of drug-likeness (QED) is 0.815. The van der Waals surface area contributed by atoms with Gasteiger partial charge in [0.25, 0.3) is 0 Å². The van der Waals surface area contributed by atoms with Crippen LogP contribution in [0.5, 0.6) is 0 Å². The zero-order chi connectivity index (χ0) is 16.0. The van der Waals surface area contributed by atoms with Crippen molar-refractivity contribution in [2.45, 2.75) is 25.1 Å². The lowest BCUT2D eigenvalue weighted by atomic mass is 10.1. The second-order valence-corrected chi connectivity index (χ2v) is 4.24. The first-order valence-electron chi connectivity index (χ1n) is 5.86. The Balaban J connectivity index is 2.75. The Bertz CT molecular complexity index is 576. The van der Waals surface area contributed by atoms with E-state index in [4.69, 9.17) is 11.5 Å². The largest absolute Gasteiger partial charge is 0.480 e. The number of rotatable bonds is 5. The zero-order valence-electron chi connectivity index (χ0n) is 10.8. The summed E-state index contributed by atoms with van der Waals surface area (Å²) in [6, 6.07) is 3.01. The van der Waals surface area contributed by atoms with Gasteiger partial charge in [0.05, 0.1) is 12.0 Å². The lowest BCUT2D eigenvalue weighted by Crippen LogP contribution is -2.41. The van der Waals surface area contributed by atoms with Crippen LogP contribution in [0.15, 0.2) is 24.3 Å². The highest BCUT2D eigenvalue weighted by Crippen LogP contribution is 2.29. The van der Waals surface area contributed by atoms with Gasteiger partial charge in [0, 0.05) is 6.42 Å². The molecule has 1 rings (SSSR count). The van der Waals surface area contributed by atoms with E-state index in [2.05, 4.69) is 11.2 Å². The Morgan fingerprint density at radius 3 is 2.57 bits per heavy atom. The summed E-state index contributed by atoms with van der Waals surface area (Å²) in [5.41, 5.74) is -0.738. The smallest absolute Gasteiger partial charge is 0.416 e. The molecule has 0 saturated carbocycles. The highest BCUT2D eigenvalue weighted by Gasteiger charge is 2.30. The molecule has 0 saturated heterocycles. The Hall–Kier alpha value is -2.49. The van der Waals surface area contributed by atoms with Crippen molar-refractivity contribution in [3.05, 3.63) is 35.4 Å². The third-order valence-corrected chi connectivity index (χ3v) is 2.57. The average Bonchev–Trinajstić information content (AvgIpc) is 2.37. The van der Waals surface area contributed by atoms with E-state index in [-0.39, 0.29) is 18.4 Å². The molecule has 2 N–H and O–H groups in total. The van der Waals surface area contributed by atoms with Crippen molar-refractivity contribution >= 4 is 11.9 Å². The molecule has 112 valence electrons. The normalized spacial score (nSPS) is 12.3. The summed E-state index contributed by atoms with van der Waals surface area (Å²) in [5, 5.41) is 11.0. The number of benzene rings is 1. The molecule has 0 aliphatic heterocycles. The van der Waals surface area contributed by atoms with E-state index in [1.807, 2.05) is 0 Å². The molecular weight excluding hydrogens is 287 g/mol. The van der Waals surface area contributed by atoms with E-state index in [1.165, 1.54) is 12.1 Å². The van der Waals surface area contributed by atoms with Crippen molar-refractivity contribution in [2.75, 3.05) is 0 Å². The molecule has 21 heavy (non-hydrogen) atoms. The molecule has 4 nitrogen and oxygen atoms in total. The predicted octanol–water partition coefficient (Wildman–Crippen LogP) is 1.84. The number of aliphatic carboxylic acids is 1. The zero-order valence-corrected chi connectivity index (χ0v) is 10.8. The maximum Gasteiger partial charge on any atom is 0.416 e. The van der Waals surface area contributed by atoms with Gasteiger partial charge in [-0.3, -0.25) is 4.79 Å². The number of carbonyl (C=O) groups is 2. The first-order chi connectivity index (χ1) is 9.74. The van der Waals surface area contributed by atoms with E-state index in [1.54, 1.807) is 0 Å². The van der Waals surface area contributed by atoms with Crippen LogP contribution in [0, 0.1) is 12.3 Å². The maximum atomic E-state index is 12.5. The number of nitrogens with one attached hydrogen (secondary N) is 1. The van der Waals surface area contributed by atoms with Crippen molar-refractivity contribution in [3.8, 4) is 12.3 Å². The first-order valence-corrected chi connectivity index (χ1v) is 5.86. The van der Waals surface area contributed by atoms with Gasteiger partial charge in [-0.25, -0.2) is 4.79 Å². The number of alkyl halides is 3. The minimum atomic E-state index is -4.50. The van der Waals surface area contributed by atoms with Crippen LogP contribution in [0.3, 0.4) is 0 Å². The second kappa shape index (κ2) is 6.79. The standard InChI is InChI=1S/C14H12F3NO3/c1-2-4-11(13(20)21)18-12(19)8-9-5-3-6-10(7-9)14(15,16)17/h1,3,5-7,11H,4,8H2,(H,18,19)(H,20,21)/t11-/m1/s1. The molecular formula is C14H12F3NO3. The molecule has 0 unspecified atom stereocenters. The Labute approximate surface area is 119 Å².